The van der Waals surface area contributed by atoms with Crippen LogP contribution in [0.25, 0.3) is 0 Å². The first-order chi connectivity index (χ1) is 8.53. The Kier molecular flexibility index (Phi) is 7.15. The highest BCUT2D eigenvalue weighted by Crippen LogP contribution is 2.17. The van der Waals surface area contributed by atoms with E-state index in [1.165, 1.54) is 0 Å². The molecule has 0 aliphatic carbocycles. The lowest BCUT2D eigenvalue weighted by Crippen LogP contribution is -2.36. The summed E-state index contributed by atoms with van der Waals surface area (Å²) in [5.41, 5.74) is 0.290. The lowest BCUT2D eigenvalue weighted by Gasteiger charge is -2.24. The molecule has 2 N–H and O–H groups in total. The molecule has 0 aromatic carbocycles. The van der Waals surface area contributed by atoms with Crippen molar-refractivity contribution < 1.29 is 14.6 Å². The molecule has 1 fully saturated rings. The third-order valence-electron chi connectivity index (χ3n) is 3.58. The SMILES string of the molecule is CCC(C)(C)CNCC(O)COCC1CCCO1. The van der Waals surface area contributed by atoms with E-state index in [9.17, 15) is 5.11 Å². The van der Waals surface area contributed by atoms with Crippen LogP contribution in [0.2, 0.25) is 0 Å². The number of aliphatic hydroxyl groups excluding tert-OH is 1. The molecule has 1 heterocycles. The largest absolute Gasteiger partial charge is 0.389 e. The minimum atomic E-state index is -0.431. The van der Waals surface area contributed by atoms with E-state index in [-0.39, 0.29) is 11.5 Å². The predicted octanol–water partition coefficient (Wildman–Crippen LogP) is 1.57. The van der Waals surface area contributed by atoms with Crippen molar-refractivity contribution in [1.82, 2.24) is 5.32 Å². The fraction of sp³-hybridized carbons (Fsp3) is 1.00. The van der Waals surface area contributed by atoms with Crippen molar-refractivity contribution in [1.29, 1.82) is 0 Å². The van der Waals surface area contributed by atoms with E-state index in [4.69, 9.17) is 9.47 Å². The normalized spacial score (nSPS) is 22.3. The van der Waals surface area contributed by atoms with Crippen molar-refractivity contribution in [3.8, 4) is 0 Å². The Balaban J connectivity index is 1.98. The monoisotopic (exact) mass is 259 g/mol. The minimum Gasteiger partial charge on any atom is -0.389 e. The van der Waals surface area contributed by atoms with Crippen molar-refractivity contribution in [2.75, 3.05) is 32.9 Å². The number of aliphatic hydroxyl groups is 1. The molecular weight excluding hydrogens is 230 g/mol. The second-order valence-electron chi connectivity index (χ2n) is 5.97. The molecule has 0 bridgehead atoms. The fourth-order valence-electron chi connectivity index (χ4n) is 1.87. The van der Waals surface area contributed by atoms with Gasteiger partial charge in [0.15, 0.2) is 0 Å². The van der Waals surface area contributed by atoms with Crippen LogP contribution in [0.1, 0.15) is 40.0 Å². The van der Waals surface area contributed by atoms with E-state index in [0.29, 0.717) is 19.8 Å². The van der Waals surface area contributed by atoms with E-state index in [0.717, 1.165) is 32.4 Å². The Morgan fingerprint density at radius 3 is 2.89 bits per heavy atom. The smallest absolute Gasteiger partial charge is 0.0897 e. The second kappa shape index (κ2) is 8.10. The van der Waals surface area contributed by atoms with Gasteiger partial charge in [-0.3, -0.25) is 0 Å². The van der Waals surface area contributed by atoms with E-state index in [1.54, 1.807) is 0 Å². The number of ether oxygens (including phenoxy) is 2. The Morgan fingerprint density at radius 1 is 1.50 bits per heavy atom. The number of hydrogen-bond acceptors (Lipinski definition) is 4. The Hall–Kier alpha value is -0.160. The predicted molar refractivity (Wildman–Crippen MR) is 72.7 cm³/mol. The first kappa shape index (κ1) is 15.9. The quantitative estimate of drug-likeness (QED) is 0.660. The van der Waals surface area contributed by atoms with Gasteiger partial charge >= 0.3 is 0 Å². The van der Waals surface area contributed by atoms with Gasteiger partial charge < -0.3 is 19.9 Å². The van der Waals surface area contributed by atoms with Crippen LogP contribution in [-0.2, 0) is 9.47 Å². The van der Waals surface area contributed by atoms with Crippen molar-refractivity contribution >= 4 is 0 Å². The van der Waals surface area contributed by atoms with E-state index in [1.807, 2.05) is 0 Å². The minimum absolute atomic E-state index is 0.240. The van der Waals surface area contributed by atoms with Gasteiger partial charge in [-0.2, -0.15) is 0 Å². The van der Waals surface area contributed by atoms with Crippen molar-refractivity contribution in [3.63, 3.8) is 0 Å². The molecule has 1 aliphatic rings. The van der Waals surface area contributed by atoms with Gasteiger partial charge in [-0.05, 0) is 24.7 Å². The fourth-order valence-corrected chi connectivity index (χ4v) is 1.87. The highest BCUT2D eigenvalue weighted by Gasteiger charge is 2.17. The van der Waals surface area contributed by atoms with Gasteiger partial charge in [-0.25, -0.2) is 0 Å². The summed E-state index contributed by atoms with van der Waals surface area (Å²) in [4.78, 5) is 0. The van der Waals surface area contributed by atoms with Gasteiger partial charge in [0.05, 0.1) is 25.4 Å². The summed E-state index contributed by atoms with van der Waals surface area (Å²) in [7, 11) is 0. The standard InChI is InChI=1S/C14H29NO3/c1-4-14(2,3)11-15-8-12(16)9-17-10-13-6-5-7-18-13/h12-13,15-16H,4-11H2,1-3H3. The van der Waals surface area contributed by atoms with E-state index in [2.05, 4.69) is 26.1 Å². The van der Waals surface area contributed by atoms with Gasteiger partial charge in [-0.1, -0.05) is 20.8 Å². The average Bonchev–Trinajstić information content (AvgIpc) is 2.82. The van der Waals surface area contributed by atoms with Crippen LogP contribution in [0.5, 0.6) is 0 Å². The average molecular weight is 259 g/mol. The van der Waals surface area contributed by atoms with E-state index < -0.39 is 6.10 Å². The number of rotatable bonds is 9. The van der Waals surface area contributed by atoms with Crippen molar-refractivity contribution in [2.45, 2.75) is 52.2 Å². The van der Waals surface area contributed by atoms with Gasteiger partial charge in [0.25, 0.3) is 0 Å². The summed E-state index contributed by atoms with van der Waals surface area (Å²) in [6.45, 7) is 9.99. The zero-order valence-corrected chi connectivity index (χ0v) is 12.1. The molecule has 2 unspecified atom stereocenters. The molecule has 1 aliphatic heterocycles. The summed E-state index contributed by atoms with van der Waals surface area (Å²) in [6, 6.07) is 0. The molecule has 0 spiro atoms. The van der Waals surface area contributed by atoms with Gasteiger partial charge in [0.2, 0.25) is 0 Å². The summed E-state index contributed by atoms with van der Waals surface area (Å²) >= 11 is 0. The molecular formula is C14H29NO3. The molecule has 1 saturated heterocycles. The molecule has 4 nitrogen and oxygen atoms in total. The zero-order valence-electron chi connectivity index (χ0n) is 12.1. The van der Waals surface area contributed by atoms with Crippen LogP contribution in [0.15, 0.2) is 0 Å². The van der Waals surface area contributed by atoms with Crippen molar-refractivity contribution in [2.24, 2.45) is 5.41 Å². The summed E-state index contributed by atoms with van der Waals surface area (Å²) in [5, 5.41) is 13.1. The molecule has 0 amide bonds. The zero-order chi connectivity index (χ0) is 13.4. The van der Waals surface area contributed by atoms with Gasteiger partial charge in [0, 0.05) is 19.7 Å². The van der Waals surface area contributed by atoms with E-state index >= 15 is 0 Å². The number of nitrogens with one attached hydrogen (secondary N) is 1. The lowest BCUT2D eigenvalue weighted by atomic mass is 9.90. The lowest BCUT2D eigenvalue weighted by molar-refractivity contribution is -0.0167. The van der Waals surface area contributed by atoms with Crippen molar-refractivity contribution in [3.05, 3.63) is 0 Å². The Bertz CT molecular complexity index is 215. The Labute approximate surface area is 111 Å². The first-order valence-corrected chi connectivity index (χ1v) is 7.11. The highest BCUT2D eigenvalue weighted by molar-refractivity contribution is 4.71. The van der Waals surface area contributed by atoms with Crippen LogP contribution in [0.4, 0.5) is 0 Å². The van der Waals surface area contributed by atoms with Gasteiger partial charge in [-0.15, -0.1) is 0 Å². The molecule has 18 heavy (non-hydrogen) atoms. The second-order valence-corrected chi connectivity index (χ2v) is 5.97. The maximum absolute atomic E-state index is 9.76. The third kappa shape index (κ3) is 6.69. The molecule has 4 heteroatoms. The summed E-state index contributed by atoms with van der Waals surface area (Å²) in [6.07, 6.45) is 3.15. The summed E-state index contributed by atoms with van der Waals surface area (Å²) < 4.78 is 10.9. The molecule has 0 saturated carbocycles. The van der Waals surface area contributed by atoms with Crippen LogP contribution >= 0.6 is 0 Å². The summed E-state index contributed by atoms with van der Waals surface area (Å²) in [5.74, 6) is 0. The third-order valence-corrected chi connectivity index (χ3v) is 3.58. The molecule has 1 rings (SSSR count). The topological polar surface area (TPSA) is 50.7 Å². The molecule has 108 valence electrons. The van der Waals surface area contributed by atoms with Crippen LogP contribution in [0, 0.1) is 5.41 Å². The molecule has 0 radical (unpaired) electrons. The van der Waals surface area contributed by atoms with Crippen LogP contribution < -0.4 is 5.32 Å². The maximum Gasteiger partial charge on any atom is 0.0897 e. The van der Waals surface area contributed by atoms with Gasteiger partial charge in [0.1, 0.15) is 0 Å². The number of hydrogen-bond donors (Lipinski definition) is 2. The molecule has 0 aromatic heterocycles. The molecule has 0 aromatic rings. The van der Waals surface area contributed by atoms with Crippen LogP contribution in [-0.4, -0.2) is 50.2 Å². The Morgan fingerprint density at radius 2 is 2.28 bits per heavy atom. The molecule has 2 atom stereocenters. The van der Waals surface area contributed by atoms with Crippen LogP contribution in [0.3, 0.4) is 0 Å². The maximum atomic E-state index is 9.76. The highest BCUT2D eigenvalue weighted by atomic mass is 16.5. The first-order valence-electron chi connectivity index (χ1n) is 7.11.